The van der Waals surface area contributed by atoms with Gasteiger partial charge in [-0.3, -0.25) is 4.99 Å². The summed E-state index contributed by atoms with van der Waals surface area (Å²) in [5.41, 5.74) is 2.31. The van der Waals surface area contributed by atoms with Gasteiger partial charge >= 0.3 is 0 Å². The molecule has 2 aromatic carbocycles. The van der Waals surface area contributed by atoms with Crippen LogP contribution in [0.4, 0.5) is 0 Å². The van der Waals surface area contributed by atoms with Gasteiger partial charge in [-0.05, 0) is 41.8 Å². The number of ether oxygens (including phenoxy) is 4. The molecule has 0 aliphatic rings. The molecule has 0 saturated carbocycles. The van der Waals surface area contributed by atoms with Gasteiger partial charge in [-0.1, -0.05) is 18.2 Å². The van der Waals surface area contributed by atoms with Crippen molar-refractivity contribution in [2.75, 3.05) is 48.1 Å². The SMILES string of the molecule is CN=C(NCCc1ccc(OC)c(OC)c1)NCc1ccc(OCCOC)cc1. The molecule has 158 valence electrons. The van der Waals surface area contributed by atoms with Crippen LogP contribution in [0.3, 0.4) is 0 Å². The van der Waals surface area contributed by atoms with Crippen LogP contribution in [-0.4, -0.2) is 54.1 Å². The highest BCUT2D eigenvalue weighted by Crippen LogP contribution is 2.27. The van der Waals surface area contributed by atoms with Crippen molar-refractivity contribution in [3.63, 3.8) is 0 Å². The number of rotatable bonds is 11. The first kappa shape index (κ1) is 22.4. The van der Waals surface area contributed by atoms with E-state index in [0.717, 1.165) is 47.3 Å². The Kier molecular flexibility index (Phi) is 9.65. The summed E-state index contributed by atoms with van der Waals surface area (Å²) < 4.78 is 21.2. The van der Waals surface area contributed by atoms with Crippen molar-refractivity contribution in [2.24, 2.45) is 4.99 Å². The molecule has 0 aliphatic heterocycles. The number of hydrogen-bond acceptors (Lipinski definition) is 5. The van der Waals surface area contributed by atoms with Gasteiger partial charge in [0, 0.05) is 27.2 Å². The molecule has 29 heavy (non-hydrogen) atoms. The van der Waals surface area contributed by atoms with E-state index in [1.807, 2.05) is 42.5 Å². The maximum absolute atomic E-state index is 5.58. The Bertz CT molecular complexity index is 763. The zero-order valence-corrected chi connectivity index (χ0v) is 17.7. The number of nitrogens with zero attached hydrogens (tertiary/aromatic N) is 1. The van der Waals surface area contributed by atoms with Gasteiger partial charge in [0.05, 0.1) is 20.8 Å². The van der Waals surface area contributed by atoms with Crippen LogP contribution >= 0.6 is 0 Å². The highest BCUT2D eigenvalue weighted by molar-refractivity contribution is 5.79. The zero-order valence-electron chi connectivity index (χ0n) is 17.7. The third kappa shape index (κ3) is 7.54. The molecule has 0 amide bonds. The van der Waals surface area contributed by atoms with Crippen LogP contribution in [0.15, 0.2) is 47.5 Å². The Morgan fingerprint density at radius 1 is 0.862 bits per heavy atom. The van der Waals surface area contributed by atoms with Crippen LogP contribution < -0.4 is 24.8 Å². The van der Waals surface area contributed by atoms with E-state index in [9.17, 15) is 0 Å². The molecule has 7 nitrogen and oxygen atoms in total. The van der Waals surface area contributed by atoms with Crippen molar-refractivity contribution in [1.29, 1.82) is 0 Å². The Balaban J connectivity index is 1.76. The molecule has 0 spiro atoms. The van der Waals surface area contributed by atoms with Crippen LogP contribution in [0.2, 0.25) is 0 Å². The normalized spacial score (nSPS) is 11.1. The minimum atomic E-state index is 0.546. The lowest BCUT2D eigenvalue weighted by molar-refractivity contribution is 0.146. The average molecular weight is 402 g/mol. The summed E-state index contributed by atoms with van der Waals surface area (Å²) in [4.78, 5) is 4.27. The molecule has 0 unspecified atom stereocenters. The van der Waals surface area contributed by atoms with Crippen molar-refractivity contribution in [2.45, 2.75) is 13.0 Å². The summed E-state index contributed by atoms with van der Waals surface area (Å²) in [5.74, 6) is 3.06. The van der Waals surface area contributed by atoms with Gasteiger partial charge in [0.25, 0.3) is 0 Å². The molecular weight excluding hydrogens is 370 g/mol. The fourth-order valence-electron chi connectivity index (χ4n) is 2.71. The maximum atomic E-state index is 5.58. The third-order valence-corrected chi connectivity index (χ3v) is 4.32. The molecule has 0 radical (unpaired) electrons. The fraction of sp³-hybridized carbons (Fsp3) is 0.409. The van der Waals surface area contributed by atoms with E-state index in [0.29, 0.717) is 19.8 Å². The highest BCUT2D eigenvalue weighted by Gasteiger charge is 2.05. The Labute approximate surface area is 173 Å². The second-order valence-corrected chi connectivity index (χ2v) is 6.28. The summed E-state index contributed by atoms with van der Waals surface area (Å²) in [5, 5.41) is 6.65. The van der Waals surface area contributed by atoms with Crippen LogP contribution in [0.5, 0.6) is 17.2 Å². The van der Waals surface area contributed by atoms with Crippen molar-refractivity contribution in [1.82, 2.24) is 10.6 Å². The molecule has 0 aromatic heterocycles. The van der Waals surface area contributed by atoms with Gasteiger partial charge in [-0.25, -0.2) is 0 Å². The van der Waals surface area contributed by atoms with Crippen LogP contribution in [0.25, 0.3) is 0 Å². The molecule has 2 aromatic rings. The quantitative estimate of drug-likeness (QED) is 0.343. The van der Waals surface area contributed by atoms with Crippen molar-refractivity contribution in [3.05, 3.63) is 53.6 Å². The maximum Gasteiger partial charge on any atom is 0.191 e. The van der Waals surface area contributed by atoms with Gasteiger partial charge in [0.2, 0.25) is 0 Å². The molecule has 0 fully saturated rings. The van der Waals surface area contributed by atoms with Crippen LogP contribution in [-0.2, 0) is 17.7 Å². The Morgan fingerprint density at radius 3 is 2.24 bits per heavy atom. The second kappa shape index (κ2) is 12.5. The minimum absolute atomic E-state index is 0.546. The topological polar surface area (TPSA) is 73.3 Å². The smallest absolute Gasteiger partial charge is 0.191 e. The molecule has 0 bridgehead atoms. The molecule has 0 heterocycles. The Morgan fingerprint density at radius 2 is 1.59 bits per heavy atom. The lowest BCUT2D eigenvalue weighted by Crippen LogP contribution is -2.37. The molecule has 7 heteroatoms. The number of aliphatic imine (C=N–C) groups is 1. The van der Waals surface area contributed by atoms with Crippen LogP contribution in [0.1, 0.15) is 11.1 Å². The predicted molar refractivity (Wildman–Crippen MR) is 115 cm³/mol. The van der Waals surface area contributed by atoms with Gasteiger partial charge in [0.1, 0.15) is 12.4 Å². The van der Waals surface area contributed by atoms with Crippen molar-refractivity contribution in [3.8, 4) is 17.2 Å². The number of hydrogen-bond donors (Lipinski definition) is 2. The first-order chi connectivity index (χ1) is 14.2. The standard InChI is InChI=1S/C22H31N3O4/c1-23-22(24-12-11-17-7-10-20(27-3)21(15-17)28-4)25-16-18-5-8-19(9-6-18)29-14-13-26-2/h5-10,15H,11-14,16H2,1-4H3,(H2,23,24,25). The van der Waals surface area contributed by atoms with E-state index in [1.54, 1.807) is 28.4 Å². The number of methoxy groups -OCH3 is 3. The number of benzene rings is 2. The first-order valence-corrected chi connectivity index (χ1v) is 9.56. The molecule has 2 rings (SSSR count). The van der Waals surface area contributed by atoms with E-state index >= 15 is 0 Å². The van der Waals surface area contributed by atoms with Gasteiger partial charge < -0.3 is 29.6 Å². The molecule has 0 atom stereocenters. The van der Waals surface area contributed by atoms with Crippen LogP contribution in [0, 0.1) is 0 Å². The van der Waals surface area contributed by atoms with E-state index in [1.165, 1.54) is 0 Å². The zero-order chi connectivity index (χ0) is 20.9. The molecule has 0 aliphatic carbocycles. The van der Waals surface area contributed by atoms with Crippen molar-refractivity contribution >= 4 is 5.96 Å². The van der Waals surface area contributed by atoms with E-state index in [2.05, 4.69) is 15.6 Å². The van der Waals surface area contributed by atoms with Gasteiger partial charge in [-0.15, -0.1) is 0 Å². The average Bonchev–Trinajstić information content (AvgIpc) is 2.77. The van der Waals surface area contributed by atoms with E-state index < -0.39 is 0 Å². The summed E-state index contributed by atoms with van der Waals surface area (Å²) in [6.45, 7) is 2.55. The summed E-state index contributed by atoms with van der Waals surface area (Å²) in [7, 11) is 6.70. The lowest BCUT2D eigenvalue weighted by atomic mass is 10.1. The van der Waals surface area contributed by atoms with E-state index in [4.69, 9.17) is 18.9 Å². The predicted octanol–water partition coefficient (Wildman–Crippen LogP) is 2.64. The molecule has 0 saturated heterocycles. The summed E-state index contributed by atoms with van der Waals surface area (Å²) in [6, 6.07) is 13.9. The summed E-state index contributed by atoms with van der Waals surface area (Å²) in [6.07, 6.45) is 0.842. The minimum Gasteiger partial charge on any atom is -0.493 e. The fourth-order valence-corrected chi connectivity index (χ4v) is 2.71. The summed E-state index contributed by atoms with van der Waals surface area (Å²) >= 11 is 0. The Hall–Kier alpha value is -2.93. The highest BCUT2D eigenvalue weighted by atomic mass is 16.5. The van der Waals surface area contributed by atoms with E-state index in [-0.39, 0.29) is 0 Å². The molecular formula is C22H31N3O4. The largest absolute Gasteiger partial charge is 0.493 e. The second-order valence-electron chi connectivity index (χ2n) is 6.28. The lowest BCUT2D eigenvalue weighted by Gasteiger charge is -2.13. The first-order valence-electron chi connectivity index (χ1n) is 9.56. The monoisotopic (exact) mass is 401 g/mol. The number of guanidine groups is 1. The van der Waals surface area contributed by atoms with Gasteiger partial charge in [0.15, 0.2) is 17.5 Å². The van der Waals surface area contributed by atoms with Gasteiger partial charge in [-0.2, -0.15) is 0 Å². The third-order valence-electron chi connectivity index (χ3n) is 4.32. The molecule has 2 N–H and O–H groups in total. The van der Waals surface area contributed by atoms with Crippen molar-refractivity contribution < 1.29 is 18.9 Å². The number of nitrogens with one attached hydrogen (secondary N) is 2.